The highest BCUT2D eigenvalue weighted by molar-refractivity contribution is 6.31. The summed E-state index contributed by atoms with van der Waals surface area (Å²) in [6.07, 6.45) is -1.50. The molecular formula is C26H33ClO6. The second-order valence-electron chi connectivity index (χ2n) is 9.16. The van der Waals surface area contributed by atoms with Gasteiger partial charge >= 0.3 is 0 Å². The smallest absolute Gasteiger partial charge is 0.144 e. The molecule has 2 aliphatic heterocycles. The maximum Gasteiger partial charge on any atom is 0.144 e. The van der Waals surface area contributed by atoms with Gasteiger partial charge in [-0.1, -0.05) is 42.8 Å². The van der Waals surface area contributed by atoms with Gasteiger partial charge in [0.25, 0.3) is 0 Å². The minimum atomic E-state index is -1.11. The molecule has 0 bridgehead atoms. The molecule has 7 heteroatoms. The Bertz CT molecular complexity index is 907. The molecule has 0 saturated carbocycles. The van der Waals surface area contributed by atoms with Gasteiger partial charge < -0.3 is 29.2 Å². The first-order valence-electron chi connectivity index (χ1n) is 11.6. The SMILES string of the molecule is CCOc1ccc(Cc2cc(C3CC(O)[C@H](O)C4(COCC(C)COC4)O3)ccc2Cl)cc1. The molecule has 180 valence electrons. The van der Waals surface area contributed by atoms with Crippen molar-refractivity contribution in [3.8, 4) is 5.75 Å². The molecule has 2 aliphatic rings. The van der Waals surface area contributed by atoms with Gasteiger partial charge in [0.1, 0.15) is 17.5 Å². The molecule has 33 heavy (non-hydrogen) atoms. The first kappa shape index (κ1) is 24.5. The number of benzene rings is 2. The number of aliphatic hydroxyl groups is 2. The summed E-state index contributed by atoms with van der Waals surface area (Å²) >= 11 is 6.52. The third-order valence-corrected chi connectivity index (χ3v) is 6.67. The number of hydrogen-bond acceptors (Lipinski definition) is 6. The van der Waals surface area contributed by atoms with Crippen molar-refractivity contribution >= 4 is 11.6 Å². The highest BCUT2D eigenvalue weighted by Gasteiger charge is 2.50. The first-order chi connectivity index (χ1) is 15.9. The highest BCUT2D eigenvalue weighted by atomic mass is 35.5. The first-order valence-corrected chi connectivity index (χ1v) is 12.0. The number of hydrogen-bond donors (Lipinski definition) is 2. The Morgan fingerprint density at radius 1 is 1.06 bits per heavy atom. The van der Waals surface area contributed by atoms with Crippen molar-refractivity contribution in [3.63, 3.8) is 0 Å². The van der Waals surface area contributed by atoms with Crippen molar-refractivity contribution in [1.29, 1.82) is 0 Å². The molecule has 4 rings (SSSR count). The fourth-order valence-electron chi connectivity index (χ4n) is 4.52. The molecule has 3 atom stereocenters. The van der Waals surface area contributed by atoms with Crippen molar-refractivity contribution in [2.45, 2.75) is 50.6 Å². The average molecular weight is 477 g/mol. The molecule has 0 radical (unpaired) electrons. The van der Waals surface area contributed by atoms with Crippen LogP contribution < -0.4 is 4.74 Å². The molecule has 2 N–H and O–H groups in total. The third kappa shape index (κ3) is 5.70. The van der Waals surface area contributed by atoms with E-state index in [9.17, 15) is 10.2 Å². The average Bonchev–Trinajstić information content (AvgIpc) is 2.78. The van der Waals surface area contributed by atoms with Crippen molar-refractivity contribution < 1.29 is 29.2 Å². The van der Waals surface area contributed by atoms with Gasteiger partial charge in [-0.05, 0) is 48.2 Å². The van der Waals surface area contributed by atoms with Crippen LogP contribution in [0.15, 0.2) is 42.5 Å². The number of aliphatic hydroxyl groups excluding tert-OH is 2. The maximum atomic E-state index is 10.8. The molecule has 1 spiro atoms. The molecule has 2 aromatic rings. The predicted molar refractivity (Wildman–Crippen MR) is 126 cm³/mol. The van der Waals surface area contributed by atoms with Gasteiger partial charge in [0.15, 0.2) is 0 Å². The van der Waals surface area contributed by atoms with E-state index < -0.39 is 23.9 Å². The molecule has 0 aliphatic carbocycles. The van der Waals surface area contributed by atoms with Gasteiger partial charge in [-0.2, -0.15) is 0 Å². The van der Waals surface area contributed by atoms with Crippen molar-refractivity contribution in [3.05, 3.63) is 64.2 Å². The maximum absolute atomic E-state index is 10.8. The molecule has 2 aromatic carbocycles. The Morgan fingerprint density at radius 2 is 1.76 bits per heavy atom. The van der Waals surface area contributed by atoms with Gasteiger partial charge in [-0.3, -0.25) is 0 Å². The van der Waals surface area contributed by atoms with E-state index >= 15 is 0 Å². The number of ether oxygens (including phenoxy) is 4. The van der Waals surface area contributed by atoms with E-state index in [1.807, 2.05) is 56.3 Å². The zero-order valence-corrected chi connectivity index (χ0v) is 20.0. The van der Waals surface area contributed by atoms with E-state index in [1.54, 1.807) is 0 Å². The third-order valence-electron chi connectivity index (χ3n) is 6.30. The zero-order valence-electron chi connectivity index (χ0n) is 19.2. The zero-order chi connectivity index (χ0) is 23.4. The minimum Gasteiger partial charge on any atom is -0.494 e. The lowest BCUT2D eigenvalue weighted by atomic mass is 9.85. The largest absolute Gasteiger partial charge is 0.494 e. The van der Waals surface area contributed by atoms with Crippen LogP contribution in [0, 0.1) is 5.92 Å². The Balaban J connectivity index is 1.54. The van der Waals surface area contributed by atoms with Crippen LogP contribution in [-0.4, -0.2) is 61.1 Å². The Morgan fingerprint density at radius 3 is 2.42 bits per heavy atom. The van der Waals surface area contributed by atoms with Crippen LogP contribution in [-0.2, 0) is 20.6 Å². The fraction of sp³-hybridized carbons (Fsp3) is 0.538. The molecule has 0 aromatic heterocycles. The molecule has 2 unspecified atom stereocenters. The normalized spacial score (nSPS) is 30.6. The minimum absolute atomic E-state index is 0.165. The summed E-state index contributed by atoms with van der Waals surface area (Å²) in [6.45, 7) is 6.01. The van der Waals surface area contributed by atoms with Crippen molar-refractivity contribution in [2.24, 2.45) is 5.92 Å². The monoisotopic (exact) mass is 476 g/mol. The summed E-state index contributed by atoms with van der Waals surface area (Å²) in [7, 11) is 0. The Hall–Kier alpha value is -1.67. The van der Waals surface area contributed by atoms with E-state index in [0.29, 0.717) is 31.3 Å². The molecule has 2 heterocycles. The molecule has 2 saturated heterocycles. The summed E-state index contributed by atoms with van der Waals surface area (Å²) in [5.41, 5.74) is 1.87. The molecule has 0 amide bonds. The second-order valence-corrected chi connectivity index (χ2v) is 9.57. The van der Waals surface area contributed by atoms with Gasteiger partial charge in [0.2, 0.25) is 0 Å². The quantitative estimate of drug-likeness (QED) is 0.680. The summed E-state index contributed by atoms with van der Waals surface area (Å²) in [4.78, 5) is 0. The summed E-state index contributed by atoms with van der Waals surface area (Å²) in [5.74, 6) is 1.11. The summed E-state index contributed by atoms with van der Waals surface area (Å²) in [6, 6.07) is 13.8. The van der Waals surface area contributed by atoms with Gasteiger partial charge in [-0.15, -0.1) is 0 Å². The summed E-state index contributed by atoms with van der Waals surface area (Å²) < 4.78 is 23.6. The standard InChI is InChI=1S/C26H33ClO6/c1-3-32-21-7-4-18(5-8-21)10-20-11-19(6-9-22(20)27)24-12-23(28)25(29)26(33-24)15-30-13-17(2)14-31-16-26/h4-9,11,17,23-25,28-29H,3,10,12-16H2,1-2H3/t17?,23?,24?,25-,26?/m0/s1. The van der Waals surface area contributed by atoms with E-state index in [-0.39, 0.29) is 25.6 Å². The van der Waals surface area contributed by atoms with E-state index in [1.165, 1.54) is 0 Å². The predicted octanol–water partition coefficient (Wildman–Crippen LogP) is 3.93. The van der Waals surface area contributed by atoms with E-state index in [0.717, 1.165) is 22.4 Å². The Labute approximate surface area is 200 Å². The lowest BCUT2D eigenvalue weighted by Crippen LogP contribution is -2.61. The Kier molecular flexibility index (Phi) is 7.95. The van der Waals surface area contributed by atoms with Gasteiger partial charge in [0.05, 0.1) is 45.2 Å². The van der Waals surface area contributed by atoms with Crippen LogP contribution in [0.5, 0.6) is 5.75 Å². The lowest BCUT2D eigenvalue weighted by Gasteiger charge is -2.47. The lowest BCUT2D eigenvalue weighted by molar-refractivity contribution is -0.272. The highest BCUT2D eigenvalue weighted by Crippen LogP contribution is 2.40. The molecule has 6 nitrogen and oxygen atoms in total. The number of halogens is 1. The molecule has 2 fully saturated rings. The summed E-state index contributed by atoms with van der Waals surface area (Å²) in [5, 5.41) is 22.2. The van der Waals surface area contributed by atoms with Crippen molar-refractivity contribution in [1.82, 2.24) is 0 Å². The van der Waals surface area contributed by atoms with Crippen molar-refractivity contribution in [2.75, 3.05) is 33.0 Å². The fourth-order valence-corrected chi connectivity index (χ4v) is 4.70. The molecular weight excluding hydrogens is 444 g/mol. The van der Waals surface area contributed by atoms with E-state index in [4.69, 9.17) is 30.5 Å². The van der Waals surface area contributed by atoms with Crippen LogP contribution in [0.3, 0.4) is 0 Å². The van der Waals surface area contributed by atoms with Crippen LogP contribution >= 0.6 is 11.6 Å². The van der Waals surface area contributed by atoms with Crippen LogP contribution in [0.2, 0.25) is 5.02 Å². The van der Waals surface area contributed by atoms with Gasteiger partial charge in [-0.25, -0.2) is 0 Å². The number of rotatable bonds is 5. The topological polar surface area (TPSA) is 77.4 Å². The second kappa shape index (κ2) is 10.7. The van der Waals surface area contributed by atoms with Crippen LogP contribution in [0.25, 0.3) is 0 Å². The van der Waals surface area contributed by atoms with E-state index in [2.05, 4.69) is 0 Å². The van der Waals surface area contributed by atoms with Crippen LogP contribution in [0.1, 0.15) is 43.1 Å². The van der Waals surface area contributed by atoms with Gasteiger partial charge in [0, 0.05) is 17.4 Å². The van der Waals surface area contributed by atoms with Crippen LogP contribution in [0.4, 0.5) is 0 Å².